The summed E-state index contributed by atoms with van der Waals surface area (Å²) in [5.41, 5.74) is 0.799. The quantitative estimate of drug-likeness (QED) is 0.362. The Bertz CT molecular complexity index is 1040. The second-order valence-corrected chi connectivity index (χ2v) is 5.94. The van der Waals surface area contributed by atoms with Crippen molar-refractivity contribution >= 4 is 23.3 Å². The van der Waals surface area contributed by atoms with E-state index >= 15 is 0 Å². The highest BCUT2D eigenvalue weighted by atomic mass is 16.6. The van der Waals surface area contributed by atoms with E-state index in [1.807, 2.05) is 18.2 Å². The highest BCUT2D eigenvalue weighted by molar-refractivity contribution is 5.95. The van der Waals surface area contributed by atoms with Gasteiger partial charge in [-0.15, -0.1) is 10.2 Å². The number of ether oxygens (including phenoxy) is 1. The number of carbonyl (C=O) groups is 2. The molecule has 11 nitrogen and oxygen atoms in total. The summed E-state index contributed by atoms with van der Waals surface area (Å²) in [5.74, 6) is -1.01. The Morgan fingerprint density at radius 2 is 1.97 bits per heavy atom. The van der Waals surface area contributed by atoms with Crippen molar-refractivity contribution in [3.8, 4) is 11.4 Å². The topological polar surface area (TPSA) is 142 Å². The first-order valence-corrected chi connectivity index (χ1v) is 8.50. The number of aromatic nitrogens is 4. The van der Waals surface area contributed by atoms with E-state index in [0.29, 0.717) is 5.82 Å². The van der Waals surface area contributed by atoms with Crippen LogP contribution in [0.5, 0.6) is 0 Å². The van der Waals surface area contributed by atoms with Crippen LogP contribution >= 0.6 is 0 Å². The highest BCUT2D eigenvalue weighted by Crippen LogP contribution is 2.17. The van der Waals surface area contributed by atoms with Crippen LogP contribution in [-0.4, -0.2) is 43.1 Å². The van der Waals surface area contributed by atoms with Crippen LogP contribution in [0, 0.1) is 10.1 Å². The average molecular weight is 396 g/mol. The molecule has 1 atom stereocenters. The Hall–Kier alpha value is -4.15. The van der Waals surface area contributed by atoms with Gasteiger partial charge in [0.25, 0.3) is 11.6 Å². The van der Waals surface area contributed by atoms with E-state index in [4.69, 9.17) is 4.74 Å². The van der Waals surface area contributed by atoms with Gasteiger partial charge in [0.2, 0.25) is 5.82 Å². The maximum absolute atomic E-state index is 12.2. The van der Waals surface area contributed by atoms with Crippen molar-refractivity contribution in [2.24, 2.45) is 0 Å². The van der Waals surface area contributed by atoms with Crippen LogP contribution < -0.4 is 5.32 Å². The standard InChI is InChI=1S/C18H16N6O5/c1-12(18(26)19-14-8-5-9-15(10-14)24(27)28)29-16(25)11-23-21-17(20-22-23)13-6-3-2-4-7-13/h2-10,12H,11H2,1H3,(H,19,26). The number of amides is 1. The molecule has 0 spiro atoms. The maximum Gasteiger partial charge on any atom is 0.330 e. The molecule has 2 aromatic carbocycles. The smallest absolute Gasteiger partial charge is 0.330 e. The summed E-state index contributed by atoms with van der Waals surface area (Å²) in [6.45, 7) is 1.06. The molecule has 29 heavy (non-hydrogen) atoms. The van der Waals surface area contributed by atoms with Gasteiger partial charge in [0.1, 0.15) is 0 Å². The van der Waals surface area contributed by atoms with Gasteiger partial charge >= 0.3 is 5.97 Å². The van der Waals surface area contributed by atoms with Crippen LogP contribution in [0.1, 0.15) is 6.92 Å². The Kier molecular flexibility index (Phi) is 5.88. The molecule has 1 heterocycles. The average Bonchev–Trinajstić information content (AvgIpc) is 3.17. The van der Waals surface area contributed by atoms with Crippen LogP contribution in [0.25, 0.3) is 11.4 Å². The van der Waals surface area contributed by atoms with Crippen molar-refractivity contribution in [1.29, 1.82) is 0 Å². The van der Waals surface area contributed by atoms with Gasteiger partial charge < -0.3 is 10.1 Å². The fourth-order valence-corrected chi connectivity index (χ4v) is 2.36. The SMILES string of the molecule is CC(OC(=O)Cn1nnc(-c2ccccc2)n1)C(=O)Nc1cccc([N+](=O)[O-])c1. The minimum absolute atomic E-state index is 0.168. The minimum atomic E-state index is -1.13. The van der Waals surface area contributed by atoms with Gasteiger partial charge in [0.15, 0.2) is 12.6 Å². The van der Waals surface area contributed by atoms with E-state index in [0.717, 1.165) is 10.4 Å². The lowest BCUT2D eigenvalue weighted by Gasteiger charge is -2.13. The Morgan fingerprint density at radius 3 is 2.69 bits per heavy atom. The Morgan fingerprint density at radius 1 is 1.21 bits per heavy atom. The van der Waals surface area contributed by atoms with Crippen molar-refractivity contribution in [2.75, 3.05) is 5.32 Å². The van der Waals surface area contributed by atoms with E-state index in [9.17, 15) is 19.7 Å². The third-order valence-electron chi connectivity index (χ3n) is 3.76. The molecule has 3 rings (SSSR count). The van der Waals surface area contributed by atoms with E-state index in [-0.39, 0.29) is 17.9 Å². The van der Waals surface area contributed by atoms with E-state index in [1.54, 1.807) is 12.1 Å². The lowest BCUT2D eigenvalue weighted by molar-refractivity contribution is -0.384. The lowest BCUT2D eigenvalue weighted by Crippen LogP contribution is -2.31. The number of anilines is 1. The number of tetrazole rings is 1. The number of hydrogen-bond donors (Lipinski definition) is 1. The largest absolute Gasteiger partial charge is 0.451 e. The number of nitro benzene ring substituents is 1. The second-order valence-electron chi connectivity index (χ2n) is 5.94. The van der Waals surface area contributed by atoms with Gasteiger partial charge in [0, 0.05) is 23.4 Å². The van der Waals surface area contributed by atoms with Gasteiger partial charge in [-0.3, -0.25) is 14.9 Å². The third kappa shape index (κ3) is 5.19. The second kappa shape index (κ2) is 8.69. The zero-order chi connectivity index (χ0) is 20.8. The number of rotatable bonds is 7. The number of esters is 1. The lowest BCUT2D eigenvalue weighted by atomic mass is 10.2. The molecule has 0 aliphatic heterocycles. The summed E-state index contributed by atoms with van der Waals surface area (Å²) in [4.78, 5) is 35.5. The van der Waals surface area contributed by atoms with Crippen molar-refractivity contribution < 1.29 is 19.2 Å². The van der Waals surface area contributed by atoms with Gasteiger partial charge in [-0.1, -0.05) is 36.4 Å². The summed E-state index contributed by atoms with van der Waals surface area (Å²) >= 11 is 0. The van der Waals surface area contributed by atoms with Crippen molar-refractivity contribution in [3.05, 3.63) is 64.7 Å². The number of benzene rings is 2. The number of nitrogens with zero attached hydrogens (tertiary/aromatic N) is 5. The fraction of sp³-hybridized carbons (Fsp3) is 0.167. The molecule has 1 N–H and O–H groups in total. The number of hydrogen-bond acceptors (Lipinski definition) is 8. The summed E-state index contributed by atoms with van der Waals surface area (Å²) in [6, 6.07) is 14.5. The van der Waals surface area contributed by atoms with E-state index in [2.05, 4.69) is 20.7 Å². The summed E-state index contributed by atoms with van der Waals surface area (Å²) in [5, 5.41) is 25.0. The first-order chi connectivity index (χ1) is 13.9. The molecule has 0 saturated heterocycles. The highest BCUT2D eigenvalue weighted by Gasteiger charge is 2.20. The molecule has 0 fully saturated rings. The number of nitro groups is 1. The van der Waals surface area contributed by atoms with Crippen LogP contribution in [0.4, 0.5) is 11.4 Å². The molecular formula is C18H16N6O5. The molecule has 0 bridgehead atoms. The maximum atomic E-state index is 12.2. The van der Waals surface area contributed by atoms with Gasteiger partial charge in [-0.25, -0.2) is 4.79 Å². The normalized spacial score (nSPS) is 11.5. The predicted molar refractivity (Wildman–Crippen MR) is 101 cm³/mol. The van der Waals surface area contributed by atoms with Gasteiger partial charge in [-0.2, -0.15) is 4.80 Å². The molecule has 0 aliphatic rings. The van der Waals surface area contributed by atoms with Crippen LogP contribution in [0.15, 0.2) is 54.6 Å². The molecule has 3 aromatic rings. The van der Waals surface area contributed by atoms with E-state index in [1.165, 1.54) is 31.2 Å². The molecule has 1 unspecified atom stereocenters. The zero-order valence-electron chi connectivity index (χ0n) is 15.3. The Balaban J connectivity index is 1.55. The van der Waals surface area contributed by atoms with E-state index < -0.39 is 22.9 Å². The molecule has 0 radical (unpaired) electrons. The number of nitrogens with one attached hydrogen (secondary N) is 1. The van der Waals surface area contributed by atoms with Crippen LogP contribution in [0.2, 0.25) is 0 Å². The summed E-state index contributed by atoms with van der Waals surface area (Å²) in [7, 11) is 0. The third-order valence-corrected chi connectivity index (χ3v) is 3.76. The zero-order valence-corrected chi connectivity index (χ0v) is 15.3. The van der Waals surface area contributed by atoms with Crippen LogP contribution in [-0.2, 0) is 20.9 Å². The fourth-order valence-electron chi connectivity index (χ4n) is 2.36. The van der Waals surface area contributed by atoms with Gasteiger partial charge in [0.05, 0.1) is 4.92 Å². The van der Waals surface area contributed by atoms with Crippen LogP contribution in [0.3, 0.4) is 0 Å². The summed E-state index contributed by atoms with van der Waals surface area (Å²) in [6.07, 6.45) is -1.13. The molecular weight excluding hydrogens is 380 g/mol. The van der Waals surface area contributed by atoms with Crippen molar-refractivity contribution in [1.82, 2.24) is 20.2 Å². The first kappa shape index (κ1) is 19.6. The Labute approximate surface area is 164 Å². The molecule has 0 saturated carbocycles. The minimum Gasteiger partial charge on any atom is -0.451 e. The molecule has 1 aromatic heterocycles. The number of non-ortho nitro benzene ring substituents is 1. The molecule has 1 amide bonds. The monoisotopic (exact) mass is 396 g/mol. The predicted octanol–water partition coefficient (Wildman–Crippen LogP) is 1.82. The molecule has 0 aliphatic carbocycles. The first-order valence-electron chi connectivity index (χ1n) is 8.50. The van der Waals surface area contributed by atoms with Crippen molar-refractivity contribution in [3.63, 3.8) is 0 Å². The molecule has 148 valence electrons. The van der Waals surface area contributed by atoms with Gasteiger partial charge in [-0.05, 0) is 18.2 Å². The number of carbonyl (C=O) groups excluding carboxylic acids is 2. The molecule has 11 heteroatoms. The summed E-state index contributed by atoms with van der Waals surface area (Å²) < 4.78 is 5.07. The van der Waals surface area contributed by atoms with Crippen molar-refractivity contribution in [2.45, 2.75) is 19.6 Å².